The van der Waals surface area contributed by atoms with Crippen molar-refractivity contribution in [2.75, 3.05) is 11.9 Å². The van der Waals surface area contributed by atoms with Crippen LogP contribution < -0.4 is 10.1 Å². The number of anilines is 1. The summed E-state index contributed by atoms with van der Waals surface area (Å²) < 4.78 is 25.0. The lowest BCUT2D eigenvalue weighted by molar-refractivity contribution is -0.118. The van der Waals surface area contributed by atoms with E-state index in [-0.39, 0.29) is 24.3 Å². The molecule has 0 saturated carbocycles. The normalized spacial score (nSPS) is 10.6. The lowest BCUT2D eigenvalue weighted by atomic mass is 10.3. The molecule has 0 atom stereocenters. The lowest BCUT2D eigenvalue weighted by Gasteiger charge is -2.04. The van der Waals surface area contributed by atoms with Crippen molar-refractivity contribution in [1.82, 2.24) is 20.0 Å². The number of rotatable bonds is 5. The SMILES string of the molecule is Cc1cc(-c2nnc(NC(=O)COc3ccc(F)cc3)o2)n(C)n1. The van der Waals surface area contributed by atoms with Gasteiger partial charge in [-0.2, -0.15) is 5.10 Å². The number of nitrogens with one attached hydrogen (secondary N) is 1. The molecule has 0 spiro atoms. The monoisotopic (exact) mass is 331 g/mol. The summed E-state index contributed by atoms with van der Waals surface area (Å²) in [6, 6.07) is 7.09. The summed E-state index contributed by atoms with van der Waals surface area (Å²) >= 11 is 0. The van der Waals surface area contributed by atoms with Crippen molar-refractivity contribution in [2.24, 2.45) is 7.05 Å². The Morgan fingerprint density at radius 3 is 2.75 bits per heavy atom. The van der Waals surface area contributed by atoms with Crippen molar-refractivity contribution in [1.29, 1.82) is 0 Å². The Hall–Kier alpha value is -3.23. The second-order valence-corrected chi connectivity index (χ2v) is 5.00. The van der Waals surface area contributed by atoms with Crippen molar-refractivity contribution in [3.8, 4) is 17.3 Å². The minimum Gasteiger partial charge on any atom is -0.484 e. The number of amides is 1. The topological polar surface area (TPSA) is 95.1 Å². The molecule has 0 aliphatic heterocycles. The van der Waals surface area contributed by atoms with Crippen LogP contribution in [0.15, 0.2) is 34.7 Å². The van der Waals surface area contributed by atoms with E-state index in [9.17, 15) is 9.18 Å². The predicted octanol–water partition coefficient (Wildman–Crippen LogP) is 1.94. The van der Waals surface area contributed by atoms with Crippen molar-refractivity contribution >= 4 is 11.9 Å². The van der Waals surface area contributed by atoms with Gasteiger partial charge in [-0.3, -0.25) is 14.8 Å². The molecule has 2 heterocycles. The third kappa shape index (κ3) is 3.57. The summed E-state index contributed by atoms with van der Waals surface area (Å²) in [5.74, 6) is -0.234. The first-order valence-electron chi connectivity index (χ1n) is 7.04. The van der Waals surface area contributed by atoms with E-state index in [0.717, 1.165) is 5.69 Å². The third-order valence-corrected chi connectivity index (χ3v) is 3.08. The zero-order chi connectivity index (χ0) is 17.1. The van der Waals surface area contributed by atoms with Crippen LogP contribution in [-0.2, 0) is 11.8 Å². The summed E-state index contributed by atoms with van der Waals surface area (Å²) in [5, 5.41) is 14.2. The molecule has 3 aromatic rings. The van der Waals surface area contributed by atoms with Gasteiger partial charge in [0.1, 0.15) is 17.3 Å². The Morgan fingerprint density at radius 1 is 1.33 bits per heavy atom. The first kappa shape index (κ1) is 15.7. The van der Waals surface area contributed by atoms with Gasteiger partial charge in [0.05, 0.1) is 5.69 Å². The van der Waals surface area contributed by atoms with Crippen LogP contribution in [0.4, 0.5) is 10.4 Å². The molecule has 8 nitrogen and oxygen atoms in total. The Labute approximate surface area is 136 Å². The minimum atomic E-state index is -0.476. The zero-order valence-electron chi connectivity index (χ0n) is 13.0. The summed E-state index contributed by atoms with van der Waals surface area (Å²) in [5.41, 5.74) is 1.45. The van der Waals surface area contributed by atoms with Gasteiger partial charge in [0, 0.05) is 7.05 Å². The zero-order valence-corrected chi connectivity index (χ0v) is 13.0. The molecule has 0 unspecified atom stereocenters. The second-order valence-electron chi connectivity index (χ2n) is 5.00. The second kappa shape index (κ2) is 6.49. The van der Waals surface area contributed by atoms with Gasteiger partial charge in [0.15, 0.2) is 6.61 Å². The summed E-state index contributed by atoms with van der Waals surface area (Å²) in [7, 11) is 1.75. The van der Waals surface area contributed by atoms with Gasteiger partial charge in [-0.1, -0.05) is 5.10 Å². The van der Waals surface area contributed by atoms with Gasteiger partial charge in [-0.15, -0.1) is 5.10 Å². The Balaban J connectivity index is 1.59. The predicted molar refractivity (Wildman–Crippen MR) is 81.8 cm³/mol. The van der Waals surface area contributed by atoms with Crippen LogP contribution in [0.2, 0.25) is 0 Å². The average Bonchev–Trinajstić information content (AvgIpc) is 3.12. The molecule has 0 bridgehead atoms. The fourth-order valence-electron chi connectivity index (χ4n) is 2.02. The molecule has 0 fully saturated rings. The van der Waals surface area contributed by atoms with Gasteiger partial charge < -0.3 is 9.15 Å². The van der Waals surface area contributed by atoms with E-state index < -0.39 is 5.91 Å². The number of halogens is 1. The van der Waals surface area contributed by atoms with Gasteiger partial charge in [0.2, 0.25) is 0 Å². The van der Waals surface area contributed by atoms with Crippen molar-refractivity contribution in [2.45, 2.75) is 6.92 Å². The quantitative estimate of drug-likeness (QED) is 0.767. The summed E-state index contributed by atoms with van der Waals surface area (Å²) in [6.45, 7) is 1.57. The van der Waals surface area contributed by atoms with Crippen LogP contribution in [0.3, 0.4) is 0 Å². The number of hydrogen-bond donors (Lipinski definition) is 1. The molecule has 124 valence electrons. The Morgan fingerprint density at radius 2 is 2.08 bits per heavy atom. The maximum absolute atomic E-state index is 12.8. The van der Waals surface area contributed by atoms with Gasteiger partial charge >= 0.3 is 6.01 Å². The maximum atomic E-state index is 12.8. The summed E-state index contributed by atoms with van der Waals surface area (Å²) in [4.78, 5) is 11.8. The van der Waals surface area contributed by atoms with Crippen molar-refractivity contribution in [3.63, 3.8) is 0 Å². The van der Waals surface area contributed by atoms with Crippen LogP contribution in [0.5, 0.6) is 5.75 Å². The third-order valence-electron chi connectivity index (χ3n) is 3.08. The van der Waals surface area contributed by atoms with E-state index in [2.05, 4.69) is 20.6 Å². The van der Waals surface area contributed by atoms with E-state index in [1.54, 1.807) is 17.8 Å². The summed E-state index contributed by atoms with van der Waals surface area (Å²) in [6.07, 6.45) is 0. The molecule has 1 aromatic carbocycles. The fourth-order valence-corrected chi connectivity index (χ4v) is 2.02. The number of carbonyl (C=O) groups is 1. The number of aromatic nitrogens is 4. The molecule has 9 heteroatoms. The van der Waals surface area contributed by atoms with E-state index in [0.29, 0.717) is 11.4 Å². The smallest absolute Gasteiger partial charge is 0.322 e. The number of carbonyl (C=O) groups excluding carboxylic acids is 1. The van der Waals surface area contributed by atoms with Gasteiger partial charge in [0.25, 0.3) is 11.8 Å². The Bertz CT molecular complexity index is 856. The van der Waals surface area contributed by atoms with E-state index in [4.69, 9.17) is 9.15 Å². The van der Waals surface area contributed by atoms with Crippen LogP contribution >= 0.6 is 0 Å². The number of nitrogens with zero attached hydrogens (tertiary/aromatic N) is 4. The van der Waals surface area contributed by atoms with Crippen LogP contribution in [0.25, 0.3) is 11.6 Å². The molecule has 0 aliphatic carbocycles. The highest BCUT2D eigenvalue weighted by atomic mass is 19.1. The molecule has 1 N–H and O–H groups in total. The standard InChI is InChI=1S/C15H14FN5O3/c1-9-7-12(21(2)20-9)14-18-19-15(24-14)17-13(22)8-23-11-5-3-10(16)4-6-11/h3-7H,8H2,1-2H3,(H,17,19,22). The van der Waals surface area contributed by atoms with Gasteiger partial charge in [-0.05, 0) is 37.3 Å². The molecule has 3 rings (SSSR count). The highest BCUT2D eigenvalue weighted by Crippen LogP contribution is 2.20. The van der Waals surface area contributed by atoms with E-state index in [1.165, 1.54) is 24.3 Å². The number of aryl methyl sites for hydroxylation is 2. The largest absolute Gasteiger partial charge is 0.484 e. The average molecular weight is 331 g/mol. The highest BCUT2D eigenvalue weighted by molar-refractivity contribution is 5.89. The molecular formula is C15H14FN5O3. The van der Waals surface area contributed by atoms with Crippen molar-refractivity contribution in [3.05, 3.63) is 41.8 Å². The molecule has 0 saturated heterocycles. The van der Waals surface area contributed by atoms with E-state index in [1.807, 2.05) is 6.92 Å². The van der Waals surface area contributed by atoms with Crippen LogP contribution in [0.1, 0.15) is 5.69 Å². The molecule has 2 aromatic heterocycles. The maximum Gasteiger partial charge on any atom is 0.322 e. The molecular weight excluding hydrogens is 317 g/mol. The van der Waals surface area contributed by atoms with E-state index >= 15 is 0 Å². The van der Waals surface area contributed by atoms with Crippen molar-refractivity contribution < 1.29 is 18.3 Å². The Kier molecular flexibility index (Phi) is 4.23. The van der Waals surface area contributed by atoms with Gasteiger partial charge in [-0.25, -0.2) is 4.39 Å². The first-order chi connectivity index (χ1) is 11.5. The van der Waals surface area contributed by atoms with Crippen LogP contribution in [-0.4, -0.2) is 32.5 Å². The molecule has 0 radical (unpaired) electrons. The van der Waals surface area contributed by atoms with Crippen LogP contribution in [0, 0.1) is 12.7 Å². The minimum absolute atomic E-state index is 0.0449. The number of hydrogen-bond acceptors (Lipinski definition) is 6. The fraction of sp³-hybridized carbons (Fsp3) is 0.200. The highest BCUT2D eigenvalue weighted by Gasteiger charge is 2.15. The molecule has 24 heavy (non-hydrogen) atoms. The first-order valence-corrected chi connectivity index (χ1v) is 7.04. The number of ether oxygens (including phenoxy) is 1. The molecule has 0 aliphatic rings. The number of benzene rings is 1. The molecule has 1 amide bonds. The lowest BCUT2D eigenvalue weighted by Crippen LogP contribution is -2.20.